The Morgan fingerprint density at radius 3 is 1.83 bits per heavy atom. The maximum absolute atomic E-state index is 5.88. The lowest BCUT2D eigenvalue weighted by molar-refractivity contribution is 0.482. The molecule has 1 nitrogen and oxygen atoms in total. The van der Waals surface area contributed by atoms with E-state index < -0.39 is 0 Å². The van der Waals surface area contributed by atoms with Crippen LogP contribution in [0.3, 0.4) is 0 Å². The van der Waals surface area contributed by atoms with Crippen LogP contribution >= 0.6 is 0 Å². The van der Waals surface area contributed by atoms with Crippen LogP contribution in [0.15, 0.2) is 84.9 Å². The molecule has 0 bridgehead atoms. The second-order valence-corrected chi connectivity index (χ2v) is 6.28. The van der Waals surface area contributed by atoms with Crippen molar-refractivity contribution in [1.82, 2.24) is 0 Å². The Bertz CT molecular complexity index is 730. The number of ether oxygens (including phenoxy) is 1. The molecule has 0 aliphatic carbocycles. The summed E-state index contributed by atoms with van der Waals surface area (Å²) in [5.41, 5.74) is 2.64. The monoisotopic (exact) mass is 315 g/mol. The van der Waals surface area contributed by atoms with Gasteiger partial charge in [0.2, 0.25) is 0 Å². The zero-order valence-electron chi connectivity index (χ0n) is 14.3. The molecule has 24 heavy (non-hydrogen) atoms. The van der Waals surface area contributed by atoms with Gasteiger partial charge in [-0.2, -0.15) is 0 Å². The summed E-state index contributed by atoms with van der Waals surface area (Å²) in [5, 5.41) is 0. The molecule has 0 aliphatic rings. The van der Waals surface area contributed by atoms with Gasteiger partial charge >= 0.3 is 0 Å². The molecule has 0 saturated heterocycles. The van der Waals surface area contributed by atoms with Gasteiger partial charge in [-0.3, -0.25) is 0 Å². The summed E-state index contributed by atoms with van der Waals surface area (Å²) < 4.78 is 5.88. The third-order valence-electron chi connectivity index (χ3n) is 4.14. The Kier molecular flexibility index (Phi) is 5.32. The third-order valence-corrected chi connectivity index (χ3v) is 4.14. The fourth-order valence-electron chi connectivity index (χ4n) is 2.82. The van der Waals surface area contributed by atoms with Crippen molar-refractivity contribution in [2.75, 3.05) is 0 Å². The van der Waals surface area contributed by atoms with E-state index in [0.717, 1.165) is 17.9 Å². The maximum atomic E-state index is 5.88. The van der Waals surface area contributed by atoms with Crippen LogP contribution in [0.4, 0.5) is 0 Å². The molecule has 0 aromatic heterocycles. The highest BCUT2D eigenvalue weighted by atomic mass is 16.5. The summed E-state index contributed by atoms with van der Waals surface area (Å²) in [7, 11) is 0. The molecule has 1 radical (unpaired) electrons. The van der Waals surface area contributed by atoms with Crippen molar-refractivity contribution in [2.24, 2.45) is 5.92 Å². The SMILES string of the molecule is CC(C)[C](Cc1ccccc1)c1ccc(Oc2ccccc2)cc1. The van der Waals surface area contributed by atoms with Crippen molar-refractivity contribution in [3.05, 3.63) is 102 Å². The first-order valence-electron chi connectivity index (χ1n) is 8.45. The molecule has 0 N–H and O–H groups in total. The van der Waals surface area contributed by atoms with Gasteiger partial charge in [-0.1, -0.05) is 74.5 Å². The van der Waals surface area contributed by atoms with Gasteiger partial charge in [-0.05, 0) is 47.7 Å². The van der Waals surface area contributed by atoms with Gasteiger partial charge in [0, 0.05) is 5.92 Å². The lowest BCUT2D eigenvalue weighted by Gasteiger charge is -2.21. The molecular weight excluding hydrogens is 292 g/mol. The topological polar surface area (TPSA) is 9.23 Å². The molecule has 0 fully saturated rings. The summed E-state index contributed by atoms with van der Waals surface area (Å²) in [5.74, 6) is 3.69. The standard InChI is InChI=1S/C23H23O/c1-18(2)23(17-19-9-5-3-6-10-19)20-13-15-22(16-14-20)24-21-11-7-4-8-12-21/h3-16,18H,17H2,1-2H3. The van der Waals surface area contributed by atoms with Crippen molar-refractivity contribution in [3.63, 3.8) is 0 Å². The van der Waals surface area contributed by atoms with Crippen LogP contribution in [0, 0.1) is 11.8 Å². The van der Waals surface area contributed by atoms with E-state index in [0.29, 0.717) is 5.92 Å². The van der Waals surface area contributed by atoms with E-state index in [1.807, 2.05) is 30.3 Å². The van der Waals surface area contributed by atoms with Gasteiger partial charge in [-0.25, -0.2) is 0 Å². The maximum Gasteiger partial charge on any atom is 0.127 e. The predicted molar refractivity (Wildman–Crippen MR) is 100 cm³/mol. The quantitative estimate of drug-likeness (QED) is 0.518. The van der Waals surface area contributed by atoms with Crippen LogP contribution in [0.5, 0.6) is 11.5 Å². The van der Waals surface area contributed by atoms with Crippen LogP contribution in [-0.4, -0.2) is 0 Å². The molecule has 0 aliphatic heterocycles. The zero-order valence-corrected chi connectivity index (χ0v) is 14.3. The minimum Gasteiger partial charge on any atom is -0.457 e. The van der Waals surface area contributed by atoms with Gasteiger partial charge in [0.15, 0.2) is 0 Å². The third kappa shape index (κ3) is 4.26. The van der Waals surface area contributed by atoms with Crippen molar-refractivity contribution in [1.29, 1.82) is 0 Å². The summed E-state index contributed by atoms with van der Waals surface area (Å²) >= 11 is 0. The lowest BCUT2D eigenvalue weighted by atomic mass is 9.83. The van der Waals surface area contributed by atoms with Crippen molar-refractivity contribution in [3.8, 4) is 11.5 Å². The molecular formula is C23H23O. The molecule has 1 heteroatoms. The fourth-order valence-corrected chi connectivity index (χ4v) is 2.82. The Morgan fingerprint density at radius 1 is 0.708 bits per heavy atom. The molecule has 0 unspecified atom stereocenters. The average molecular weight is 315 g/mol. The predicted octanol–water partition coefficient (Wildman–Crippen LogP) is 6.30. The first-order chi connectivity index (χ1) is 11.7. The van der Waals surface area contributed by atoms with Crippen LogP contribution in [0.2, 0.25) is 0 Å². The number of hydrogen-bond acceptors (Lipinski definition) is 1. The summed E-state index contributed by atoms with van der Waals surface area (Å²) in [4.78, 5) is 0. The largest absolute Gasteiger partial charge is 0.457 e. The smallest absolute Gasteiger partial charge is 0.127 e. The molecule has 3 rings (SSSR count). The first kappa shape index (κ1) is 16.3. The Balaban J connectivity index is 1.74. The van der Waals surface area contributed by atoms with E-state index in [-0.39, 0.29) is 0 Å². The minimum absolute atomic E-state index is 0.506. The summed E-state index contributed by atoms with van der Waals surface area (Å²) in [6.07, 6.45) is 0.984. The first-order valence-corrected chi connectivity index (χ1v) is 8.45. The van der Waals surface area contributed by atoms with E-state index in [1.165, 1.54) is 17.0 Å². The molecule has 0 atom stereocenters. The van der Waals surface area contributed by atoms with Gasteiger partial charge in [-0.15, -0.1) is 0 Å². The number of rotatable bonds is 6. The normalized spacial score (nSPS) is 11.0. The average Bonchev–Trinajstić information content (AvgIpc) is 2.62. The molecule has 0 heterocycles. The van der Waals surface area contributed by atoms with E-state index in [4.69, 9.17) is 4.74 Å². The second-order valence-electron chi connectivity index (χ2n) is 6.28. The van der Waals surface area contributed by atoms with Crippen molar-refractivity contribution < 1.29 is 4.74 Å². The molecule has 3 aromatic rings. The number of benzene rings is 3. The second kappa shape index (κ2) is 7.83. The summed E-state index contributed by atoms with van der Waals surface area (Å²) in [6.45, 7) is 4.51. The van der Waals surface area contributed by atoms with Crippen LogP contribution in [0.25, 0.3) is 0 Å². The van der Waals surface area contributed by atoms with E-state index in [1.54, 1.807) is 0 Å². The molecule has 121 valence electrons. The van der Waals surface area contributed by atoms with Crippen molar-refractivity contribution >= 4 is 0 Å². The highest BCUT2D eigenvalue weighted by molar-refractivity contribution is 5.40. The highest BCUT2D eigenvalue weighted by Gasteiger charge is 2.17. The van der Waals surface area contributed by atoms with E-state index >= 15 is 0 Å². The number of para-hydroxylation sites is 1. The lowest BCUT2D eigenvalue weighted by Crippen LogP contribution is -2.11. The molecule has 0 amide bonds. The van der Waals surface area contributed by atoms with E-state index in [2.05, 4.69) is 68.4 Å². The molecule has 3 aromatic carbocycles. The highest BCUT2D eigenvalue weighted by Crippen LogP contribution is 2.30. The Hall–Kier alpha value is -2.54. The van der Waals surface area contributed by atoms with Crippen molar-refractivity contribution in [2.45, 2.75) is 20.3 Å². The minimum atomic E-state index is 0.506. The van der Waals surface area contributed by atoms with E-state index in [9.17, 15) is 0 Å². The Labute approximate surface area is 144 Å². The zero-order chi connectivity index (χ0) is 16.8. The summed E-state index contributed by atoms with van der Waals surface area (Å²) in [6, 6.07) is 29.0. The molecule has 0 spiro atoms. The van der Waals surface area contributed by atoms with Gasteiger partial charge in [0.25, 0.3) is 0 Å². The van der Waals surface area contributed by atoms with Crippen LogP contribution in [-0.2, 0) is 6.42 Å². The van der Waals surface area contributed by atoms with Gasteiger partial charge < -0.3 is 4.74 Å². The molecule has 0 saturated carbocycles. The van der Waals surface area contributed by atoms with Gasteiger partial charge in [0.05, 0.1) is 0 Å². The van der Waals surface area contributed by atoms with Crippen LogP contribution in [0.1, 0.15) is 25.0 Å². The fraction of sp³-hybridized carbons (Fsp3) is 0.174. The number of hydrogen-bond donors (Lipinski definition) is 0. The Morgan fingerprint density at radius 2 is 1.25 bits per heavy atom. The van der Waals surface area contributed by atoms with Gasteiger partial charge in [0.1, 0.15) is 11.5 Å². The van der Waals surface area contributed by atoms with Crippen LogP contribution < -0.4 is 4.74 Å².